The molecule has 0 bridgehead atoms. The number of anilines is 1. The summed E-state index contributed by atoms with van der Waals surface area (Å²) in [6.45, 7) is 6.65. The minimum Gasteiger partial charge on any atom is -0.354 e. The highest BCUT2D eigenvalue weighted by molar-refractivity contribution is 6.06. The standard InChI is InChI=1S/C26H24N2O/c1-26(2,3)18-10-12-22-19(14-18)20-15-24(29)27-23-11-9-17(13-21(23)25(20)28-22)16-7-5-4-6-8-16/h4-14,28H,15H2,1-3H3,(H,27,29). The van der Waals surface area contributed by atoms with Crippen LogP contribution in [0.1, 0.15) is 31.9 Å². The molecular formula is C26H24N2O. The molecule has 1 aliphatic rings. The summed E-state index contributed by atoms with van der Waals surface area (Å²) in [5.41, 5.74) is 8.73. The SMILES string of the molecule is CC(C)(C)c1ccc2[nH]c3c(c2c1)CC(=O)Nc1ccc(-c2ccccc2)cc1-3. The number of fused-ring (bicyclic) bond motifs is 5. The average molecular weight is 380 g/mol. The third kappa shape index (κ3) is 3.03. The molecule has 2 N–H and O–H groups in total. The van der Waals surface area contributed by atoms with Crippen molar-refractivity contribution in [1.29, 1.82) is 0 Å². The normalized spacial score (nSPS) is 13.6. The maximum Gasteiger partial charge on any atom is 0.228 e. The number of H-pyrrole nitrogens is 1. The number of nitrogens with one attached hydrogen (secondary N) is 2. The van der Waals surface area contributed by atoms with Crippen molar-refractivity contribution in [2.75, 3.05) is 5.32 Å². The lowest BCUT2D eigenvalue weighted by atomic mass is 9.86. The number of hydrogen-bond donors (Lipinski definition) is 2. The Morgan fingerprint density at radius 3 is 2.41 bits per heavy atom. The zero-order valence-electron chi connectivity index (χ0n) is 17.0. The molecule has 0 fully saturated rings. The van der Waals surface area contributed by atoms with E-state index < -0.39 is 0 Å². The van der Waals surface area contributed by atoms with Gasteiger partial charge >= 0.3 is 0 Å². The van der Waals surface area contributed by atoms with Crippen molar-refractivity contribution in [3.05, 3.63) is 77.9 Å². The van der Waals surface area contributed by atoms with Gasteiger partial charge in [-0.2, -0.15) is 0 Å². The van der Waals surface area contributed by atoms with Crippen LogP contribution in [0.4, 0.5) is 5.69 Å². The van der Waals surface area contributed by atoms with Crippen LogP contribution in [0, 0.1) is 0 Å². The van der Waals surface area contributed by atoms with E-state index in [0.717, 1.165) is 39.0 Å². The number of benzene rings is 3. The minimum absolute atomic E-state index is 0.0273. The summed E-state index contributed by atoms with van der Waals surface area (Å²) in [5, 5.41) is 4.22. The molecular weight excluding hydrogens is 356 g/mol. The van der Waals surface area contributed by atoms with Gasteiger partial charge in [-0.15, -0.1) is 0 Å². The summed E-state index contributed by atoms with van der Waals surface area (Å²) in [4.78, 5) is 16.3. The van der Waals surface area contributed by atoms with Gasteiger partial charge in [0.25, 0.3) is 0 Å². The van der Waals surface area contributed by atoms with Crippen LogP contribution in [0.5, 0.6) is 0 Å². The van der Waals surface area contributed by atoms with Crippen molar-refractivity contribution < 1.29 is 4.79 Å². The van der Waals surface area contributed by atoms with Crippen molar-refractivity contribution >= 4 is 22.5 Å². The van der Waals surface area contributed by atoms with Gasteiger partial charge in [-0.3, -0.25) is 4.79 Å². The molecule has 1 aromatic heterocycles. The van der Waals surface area contributed by atoms with Crippen LogP contribution in [-0.2, 0) is 16.6 Å². The second kappa shape index (κ2) is 6.35. The van der Waals surface area contributed by atoms with Crippen LogP contribution in [0.25, 0.3) is 33.3 Å². The van der Waals surface area contributed by atoms with E-state index in [1.54, 1.807) is 0 Å². The second-order valence-corrected chi connectivity index (χ2v) is 8.84. The van der Waals surface area contributed by atoms with Crippen LogP contribution >= 0.6 is 0 Å². The average Bonchev–Trinajstić information content (AvgIpc) is 2.99. The van der Waals surface area contributed by atoms with Crippen LogP contribution in [0.3, 0.4) is 0 Å². The highest BCUT2D eigenvalue weighted by Gasteiger charge is 2.24. The monoisotopic (exact) mass is 380 g/mol. The maximum atomic E-state index is 12.7. The first-order chi connectivity index (χ1) is 13.9. The van der Waals surface area contributed by atoms with Gasteiger partial charge in [-0.05, 0) is 51.9 Å². The highest BCUT2D eigenvalue weighted by atomic mass is 16.1. The molecule has 2 heterocycles. The summed E-state index contributed by atoms with van der Waals surface area (Å²) in [6.07, 6.45) is 0.373. The summed E-state index contributed by atoms with van der Waals surface area (Å²) in [6, 6.07) is 23.2. The Hall–Kier alpha value is -3.33. The number of amides is 1. The van der Waals surface area contributed by atoms with Crippen molar-refractivity contribution in [3.63, 3.8) is 0 Å². The molecule has 29 heavy (non-hydrogen) atoms. The van der Waals surface area contributed by atoms with Crippen LogP contribution in [-0.4, -0.2) is 10.9 Å². The van der Waals surface area contributed by atoms with E-state index in [-0.39, 0.29) is 11.3 Å². The molecule has 5 rings (SSSR count). The molecule has 1 amide bonds. The topological polar surface area (TPSA) is 44.9 Å². The van der Waals surface area contributed by atoms with Crippen LogP contribution < -0.4 is 5.32 Å². The van der Waals surface area contributed by atoms with Crippen LogP contribution in [0.2, 0.25) is 0 Å². The molecule has 0 saturated carbocycles. The predicted octanol–water partition coefficient (Wildman–Crippen LogP) is 6.29. The minimum atomic E-state index is 0.0273. The number of hydrogen-bond acceptors (Lipinski definition) is 1. The lowest BCUT2D eigenvalue weighted by Crippen LogP contribution is -2.13. The van der Waals surface area contributed by atoms with Gasteiger partial charge < -0.3 is 10.3 Å². The molecule has 0 spiro atoms. The molecule has 144 valence electrons. The Bertz CT molecular complexity index is 1240. The molecule has 3 aromatic carbocycles. The second-order valence-electron chi connectivity index (χ2n) is 8.84. The highest BCUT2D eigenvalue weighted by Crippen LogP contribution is 2.40. The van der Waals surface area contributed by atoms with Gasteiger partial charge in [0.2, 0.25) is 5.91 Å². The fourth-order valence-corrected chi connectivity index (χ4v) is 4.15. The Morgan fingerprint density at radius 1 is 0.862 bits per heavy atom. The van der Waals surface area contributed by atoms with Gasteiger partial charge in [0, 0.05) is 16.5 Å². The third-order valence-electron chi connectivity index (χ3n) is 5.78. The van der Waals surface area contributed by atoms with Crippen molar-refractivity contribution in [3.8, 4) is 22.4 Å². The molecule has 0 unspecified atom stereocenters. The Labute approximate surface area is 170 Å². The Kier molecular flexibility index (Phi) is 3.88. The van der Waals surface area contributed by atoms with Gasteiger partial charge in [-0.1, -0.05) is 63.2 Å². The van der Waals surface area contributed by atoms with E-state index >= 15 is 0 Å². The first-order valence-corrected chi connectivity index (χ1v) is 10.0. The maximum absolute atomic E-state index is 12.7. The van der Waals surface area contributed by atoms with Crippen molar-refractivity contribution in [2.24, 2.45) is 0 Å². The molecule has 4 aromatic rings. The number of aromatic nitrogens is 1. The van der Waals surface area contributed by atoms with E-state index in [9.17, 15) is 4.79 Å². The smallest absolute Gasteiger partial charge is 0.228 e. The zero-order chi connectivity index (χ0) is 20.2. The molecule has 0 atom stereocenters. The quantitative estimate of drug-likeness (QED) is 0.400. The van der Waals surface area contributed by atoms with Crippen molar-refractivity contribution in [2.45, 2.75) is 32.6 Å². The third-order valence-corrected chi connectivity index (χ3v) is 5.78. The summed E-state index contributed by atoms with van der Waals surface area (Å²) in [7, 11) is 0. The Morgan fingerprint density at radius 2 is 1.66 bits per heavy atom. The molecule has 3 nitrogen and oxygen atoms in total. The van der Waals surface area contributed by atoms with E-state index in [2.05, 4.69) is 73.5 Å². The van der Waals surface area contributed by atoms with Crippen LogP contribution in [0.15, 0.2) is 66.7 Å². The van der Waals surface area contributed by atoms with E-state index in [1.165, 1.54) is 11.1 Å². The molecule has 0 saturated heterocycles. The largest absolute Gasteiger partial charge is 0.354 e. The molecule has 1 aliphatic heterocycles. The van der Waals surface area contributed by atoms with Gasteiger partial charge in [0.05, 0.1) is 17.8 Å². The van der Waals surface area contributed by atoms with E-state index in [1.807, 2.05) is 24.3 Å². The zero-order valence-corrected chi connectivity index (χ0v) is 17.0. The first kappa shape index (κ1) is 17.7. The number of rotatable bonds is 1. The Balaban J connectivity index is 1.75. The van der Waals surface area contributed by atoms with E-state index in [4.69, 9.17) is 0 Å². The predicted molar refractivity (Wildman–Crippen MR) is 120 cm³/mol. The molecule has 0 aliphatic carbocycles. The van der Waals surface area contributed by atoms with Gasteiger partial charge in [0.15, 0.2) is 0 Å². The summed E-state index contributed by atoms with van der Waals surface area (Å²) in [5.74, 6) is 0.0273. The lowest BCUT2D eigenvalue weighted by molar-refractivity contribution is -0.115. The molecule has 3 heteroatoms. The van der Waals surface area contributed by atoms with Crippen molar-refractivity contribution in [1.82, 2.24) is 4.98 Å². The number of aromatic amines is 1. The number of carbonyl (C=O) groups is 1. The summed E-state index contributed by atoms with van der Waals surface area (Å²) >= 11 is 0. The number of carbonyl (C=O) groups excluding carboxylic acids is 1. The first-order valence-electron chi connectivity index (χ1n) is 10.0. The lowest BCUT2D eigenvalue weighted by Gasteiger charge is -2.19. The van der Waals surface area contributed by atoms with Gasteiger partial charge in [-0.25, -0.2) is 0 Å². The van der Waals surface area contributed by atoms with Gasteiger partial charge in [0.1, 0.15) is 0 Å². The fraction of sp³-hybridized carbons (Fsp3) is 0.192. The van der Waals surface area contributed by atoms with E-state index in [0.29, 0.717) is 6.42 Å². The molecule has 0 radical (unpaired) electrons. The summed E-state index contributed by atoms with van der Waals surface area (Å²) < 4.78 is 0. The fourth-order valence-electron chi connectivity index (χ4n) is 4.15.